The highest BCUT2D eigenvalue weighted by atomic mass is 35.5. The number of aryl methyl sites for hydroxylation is 1. The number of methoxy groups -OCH3 is 1. The number of benzene rings is 2. The van der Waals surface area contributed by atoms with Crippen molar-refractivity contribution in [2.45, 2.75) is 51.9 Å². The Hall–Kier alpha value is -2.73. The van der Waals surface area contributed by atoms with Crippen LogP contribution in [0.15, 0.2) is 42.5 Å². The van der Waals surface area contributed by atoms with Gasteiger partial charge in [-0.2, -0.15) is 0 Å². The number of hydrogen-bond acceptors (Lipinski definition) is 4. The second kappa shape index (κ2) is 12.0. The second-order valence-corrected chi connectivity index (χ2v) is 10.7. The minimum atomic E-state index is -0.443. The van der Waals surface area contributed by atoms with Crippen molar-refractivity contribution in [3.8, 4) is 11.5 Å². The van der Waals surface area contributed by atoms with Gasteiger partial charge < -0.3 is 19.3 Å². The third-order valence-electron chi connectivity index (χ3n) is 7.37. The molecule has 2 heterocycles. The summed E-state index contributed by atoms with van der Waals surface area (Å²) in [5.74, 6) is 1.62. The maximum Gasteiger partial charge on any atom is 0.227 e. The zero-order chi connectivity index (χ0) is 25.5. The first kappa shape index (κ1) is 26.3. The molecule has 0 radical (unpaired) electrons. The zero-order valence-electron chi connectivity index (χ0n) is 21.4. The van der Waals surface area contributed by atoms with Crippen molar-refractivity contribution in [1.29, 1.82) is 0 Å². The lowest BCUT2D eigenvalue weighted by Crippen LogP contribution is -2.51. The van der Waals surface area contributed by atoms with E-state index in [0.717, 1.165) is 55.6 Å². The van der Waals surface area contributed by atoms with Gasteiger partial charge in [0.2, 0.25) is 11.8 Å². The molecular weight excluding hydrogens is 476 g/mol. The quantitative estimate of drug-likeness (QED) is 0.482. The predicted octanol–water partition coefficient (Wildman–Crippen LogP) is 5.29. The summed E-state index contributed by atoms with van der Waals surface area (Å²) in [6.07, 6.45) is 5.62. The molecule has 0 spiro atoms. The molecule has 2 fully saturated rings. The number of nitrogens with zero attached hydrogens (tertiary/aromatic N) is 2. The molecule has 1 atom stereocenters. The molecule has 194 valence electrons. The Morgan fingerprint density at radius 2 is 1.75 bits per heavy atom. The van der Waals surface area contributed by atoms with Gasteiger partial charge in [0.1, 0.15) is 11.5 Å². The van der Waals surface area contributed by atoms with Crippen LogP contribution in [0.4, 0.5) is 0 Å². The number of piperidine rings is 2. The van der Waals surface area contributed by atoms with E-state index in [4.69, 9.17) is 21.1 Å². The predicted molar refractivity (Wildman–Crippen MR) is 142 cm³/mol. The Morgan fingerprint density at radius 3 is 2.50 bits per heavy atom. The van der Waals surface area contributed by atoms with E-state index in [1.165, 1.54) is 6.42 Å². The second-order valence-electron chi connectivity index (χ2n) is 10.3. The average Bonchev–Trinajstić information content (AvgIpc) is 2.88. The fraction of sp³-hybridized carbons (Fsp3) is 0.517. The van der Waals surface area contributed by atoms with Gasteiger partial charge in [-0.3, -0.25) is 9.59 Å². The Balaban J connectivity index is 1.51. The fourth-order valence-corrected chi connectivity index (χ4v) is 5.60. The highest BCUT2D eigenvalue weighted by molar-refractivity contribution is 6.30. The van der Waals surface area contributed by atoms with Crippen LogP contribution >= 0.6 is 11.6 Å². The number of rotatable bonds is 8. The summed E-state index contributed by atoms with van der Waals surface area (Å²) in [5.41, 5.74) is 1.54. The van der Waals surface area contributed by atoms with Gasteiger partial charge in [0.05, 0.1) is 20.1 Å². The van der Waals surface area contributed by atoms with Crippen LogP contribution in [0.5, 0.6) is 11.5 Å². The molecule has 2 amide bonds. The Labute approximate surface area is 219 Å². The molecule has 6 nitrogen and oxygen atoms in total. The van der Waals surface area contributed by atoms with E-state index in [1.54, 1.807) is 13.2 Å². The lowest BCUT2D eigenvalue weighted by Gasteiger charge is -2.43. The minimum Gasteiger partial charge on any atom is -0.496 e. The number of carbonyl (C=O) groups excluding carboxylic acids is 2. The summed E-state index contributed by atoms with van der Waals surface area (Å²) >= 11 is 6.16. The molecule has 2 aliphatic rings. The summed E-state index contributed by atoms with van der Waals surface area (Å²) in [6, 6.07) is 13.2. The van der Waals surface area contributed by atoms with E-state index in [9.17, 15) is 9.59 Å². The summed E-state index contributed by atoms with van der Waals surface area (Å²) in [6.45, 7) is 5.20. The van der Waals surface area contributed by atoms with Crippen LogP contribution < -0.4 is 9.47 Å². The van der Waals surface area contributed by atoms with Gasteiger partial charge in [-0.25, -0.2) is 0 Å². The molecule has 0 aromatic heterocycles. The van der Waals surface area contributed by atoms with Crippen LogP contribution in [0.2, 0.25) is 5.02 Å². The number of carbonyl (C=O) groups is 2. The van der Waals surface area contributed by atoms with Gasteiger partial charge in [0.25, 0.3) is 0 Å². The summed E-state index contributed by atoms with van der Waals surface area (Å²) in [4.78, 5) is 30.7. The molecule has 7 heteroatoms. The van der Waals surface area contributed by atoms with Crippen molar-refractivity contribution in [2.24, 2.45) is 5.41 Å². The van der Waals surface area contributed by atoms with Crippen molar-refractivity contribution in [2.75, 3.05) is 39.9 Å². The van der Waals surface area contributed by atoms with Crippen molar-refractivity contribution >= 4 is 23.4 Å². The number of ether oxygens (including phenoxy) is 2. The normalized spacial score (nSPS) is 20.2. The van der Waals surface area contributed by atoms with Crippen LogP contribution in [0.1, 0.15) is 49.7 Å². The van der Waals surface area contributed by atoms with Gasteiger partial charge in [-0.15, -0.1) is 0 Å². The molecule has 2 aliphatic heterocycles. The standard InChI is InChI=1S/C29H37ClN2O4/c1-22-10-11-26(35-2)23(16-22)17-27(33)32-15-7-12-29(20-32,19-28(34)31-13-4-3-5-14-31)21-36-25-9-6-8-24(30)18-25/h6,8-11,16,18H,3-5,7,12-15,17,19-21H2,1-2H3/t29-/m0/s1. The molecule has 0 N–H and O–H groups in total. The largest absolute Gasteiger partial charge is 0.496 e. The maximum absolute atomic E-state index is 13.5. The monoisotopic (exact) mass is 512 g/mol. The van der Waals surface area contributed by atoms with E-state index >= 15 is 0 Å². The average molecular weight is 513 g/mol. The molecule has 36 heavy (non-hydrogen) atoms. The third kappa shape index (κ3) is 6.73. The molecule has 2 aromatic carbocycles. The van der Waals surface area contributed by atoms with Crippen LogP contribution in [0, 0.1) is 12.3 Å². The first-order valence-corrected chi connectivity index (χ1v) is 13.3. The third-order valence-corrected chi connectivity index (χ3v) is 7.60. The molecule has 0 bridgehead atoms. The van der Waals surface area contributed by atoms with Gasteiger partial charge in [0.15, 0.2) is 0 Å². The Morgan fingerprint density at radius 1 is 0.972 bits per heavy atom. The number of hydrogen-bond donors (Lipinski definition) is 0. The molecule has 0 aliphatic carbocycles. The van der Waals surface area contributed by atoms with E-state index in [1.807, 2.05) is 53.1 Å². The molecule has 4 rings (SSSR count). The first-order valence-electron chi connectivity index (χ1n) is 12.9. The Bertz CT molecular complexity index is 1070. The van der Waals surface area contributed by atoms with E-state index in [0.29, 0.717) is 36.9 Å². The number of likely N-dealkylation sites (tertiary alicyclic amines) is 2. The Kier molecular flexibility index (Phi) is 8.78. The fourth-order valence-electron chi connectivity index (χ4n) is 5.42. The maximum atomic E-state index is 13.5. The lowest BCUT2D eigenvalue weighted by atomic mass is 9.77. The SMILES string of the molecule is COc1ccc(C)cc1CC(=O)N1CCC[C@](COc2cccc(Cl)c2)(CC(=O)N2CCCCC2)C1. The smallest absolute Gasteiger partial charge is 0.227 e. The minimum absolute atomic E-state index is 0.0520. The van der Waals surface area contributed by atoms with Crippen LogP contribution in [0.25, 0.3) is 0 Å². The van der Waals surface area contributed by atoms with Crippen molar-refractivity contribution < 1.29 is 19.1 Å². The van der Waals surface area contributed by atoms with Crippen molar-refractivity contribution in [3.63, 3.8) is 0 Å². The summed E-state index contributed by atoms with van der Waals surface area (Å²) < 4.78 is 11.7. The lowest BCUT2D eigenvalue weighted by molar-refractivity contribution is -0.141. The zero-order valence-corrected chi connectivity index (χ0v) is 22.2. The molecule has 0 saturated carbocycles. The van der Waals surface area contributed by atoms with Crippen LogP contribution in [0.3, 0.4) is 0 Å². The van der Waals surface area contributed by atoms with E-state index in [-0.39, 0.29) is 18.2 Å². The molecular formula is C29H37ClN2O4. The topological polar surface area (TPSA) is 59.1 Å². The van der Waals surface area contributed by atoms with Crippen LogP contribution in [-0.4, -0.2) is 61.5 Å². The van der Waals surface area contributed by atoms with Crippen molar-refractivity contribution in [3.05, 3.63) is 58.6 Å². The highest BCUT2D eigenvalue weighted by Gasteiger charge is 2.41. The van der Waals surface area contributed by atoms with E-state index < -0.39 is 5.41 Å². The van der Waals surface area contributed by atoms with Gasteiger partial charge >= 0.3 is 0 Å². The number of halogens is 1. The van der Waals surface area contributed by atoms with E-state index in [2.05, 4.69) is 0 Å². The van der Waals surface area contributed by atoms with Gasteiger partial charge in [-0.1, -0.05) is 35.4 Å². The summed E-state index contributed by atoms with van der Waals surface area (Å²) in [5, 5.41) is 0.610. The molecule has 2 saturated heterocycles. The van der Waals surface area contributed by atoms with Gasteiger partial charge in [-0.05, 0) is 63.3 Å². The molecule has 2 aromatic rings. The first-order chi connectivity index (χ1) is 17.4. The van der Waals surface area contributed by atoms with Crippen LogP contribution in [-0.2, 0) is 16.0 Å². The number of amides is 2. The highest BCUT2D eigenvalue weighted by Crippen LogP contribution is 2.36. The van der Waals surface area contributed by atoms with Crippen molar-refractivity contribution in [1.82, 2.24) is 9.80 Å². The summed E-state index contributed by atoms with van der Waals surface area (Å²) in [7, 11) is 1.63. The molecule has 0 unspecified atom stereocenters. The van der Waals surface area contributed by atoms with Gasteiger partial charge in [0, 0.05) is 48.6 Å².